The van der Waals surface area contributed by atoms with Crippen LogP contribution in [0.3, 0.4) is 0 Å². The summed E-state index contributed by atoms with van der Waals surface area (Å²) in [6, 6.07) is 6.58. The van der Waals surface area contributed by atoms with Crippen LogP contribution in [0, 0.1) is 12.8 Å². The van der Waals surface area contributed by atoms with Gasteiger partial charge in [-0.1, -0.05) is 19.4 Å². The van der Waals surface area contributed by atoms with Crippen LogP contribution in [0.2, 0.25) is 0 Å². The van der Waals surface area contributed by atoms with Gasteiger partial charge in [0.1, 0.15) is 5.82 Å². The largest absolute Gasteiger partial charge is 0.356 e. The van der Waals surface area contributed by atoms with Gasteiger partial charge in [-0.2, -0.15) is 0 Å². The molecule has 16 heavy (non-hydrogen) atoms. The van der Waals surface area contributed by atoms with Gasteiger partial charge >= 0.3 is 0 Å². The van der Waals surface area contributed by atoms with Crippen molar-refractivity contribution in [2.75, 3.05) is 18.0 Å². The Balaban J connectivity index is 2.11. The number of hydrogen-bond acceptors (Lipinski definition) is 3. The summed E-state index contributed by atoms with van der Waals surface area (Å²) in [6.07, 6.45) is 2.23. The molecule has 0 bridgehead atoms. The van der Waals surface area contributed by atoms with Crippen molar-refractivity contribution in [3.63, 3.8) is 0 Å². The van der Waals surface area contributed by atoms with Crippen molar-refractivity contribution < 1.29 is 0 Å². The molecule has 2 unspecified atom stereocenters. The molecule has 88 valence electrons. The Morgan fingerprint density at radius 2 is 2.31 bits per heavy atom. The number of hydrogen-bond donors (Lipinski definition) is 1. The van der Waals surface area contributed by atoms with Gasteiger partial charge < -0.3 is 10.6 Å². The second kappa shape index (κ2) is 4.83. The zero-order chi connectivity index (χ0) is 11.5. The minimum Gasteiger partial charge on any atom is -0.356 e. The lowest BCUT2D eigenvalue weighted by molar-refractivity contribution is 0.347. The highest BCUT2D eigenvalue weighted by Gasteiger charge is 2.25. The zero-order valence-electron chi connectivity index (χ0n) is 10.2. The van der Waals surface area contributed by atoms with E-state index in [0.29, 0.717) is 12.0 Å². The van der Waals surface area contributed by atoms with Crippen molar-refractivity contribution in [1.29, 1.82) is 0 Å². The predicted molar refractivity (Wildman–Crippen MR) is 67.6 cm³/mol. The van der Waals surface area contributed by atoms with E-state index < -0.39 is 0 Å². The molecule has 3 heteroatoms. The second-order valence-corrected chi connectivity index (χ2v) is 4.70. The van der Waals surface area contributed by atoms with Crippen LogP contribution in [0.1, 0.15) is 25.5 Å². The van der Waals surface area contributed by atoms with Crippen LogP contribution in [0.4, 0.5) is 5.82 Å². The number of rotatable bonds is 2. The molecule has 0 saturated carbocycles. The molecule has 0 aliphatic carbocycles. The smallest absolute Gasteiger partial charge is 0.128 e. The maximum absolute atomic E-state index is 6.11. The first-order valence-corrected chi connectivity index (χ1v) is 6.15. The van der Waals surface area contributed by atoms with E-state index in [1.54, 1.807) is 0 Å². The number of aromatic nitrogens is 1. The molecule has 0 spiro atoms. The highest BCUT2D eigenvalue weighted by Crippen LogP contribution is 2.22. The van der Waals surface area contributed by atoms with Crippen molar-refractivity contribution in [3.8, 4) is 0 Å². The van der Waals surface area contributed by atoms with Crippen molar-refractivity contribution in [3.05, 3.63) is 23.9 Å². The Morgan fingerprint density at radius 1 is 1.50 bits per heavy atom. The van der Waals surface area contributed by atoms with Gasteiger partial charge in [-0.15, -0.1) is 0 Å². The lowest BCUT2D eigenvalue weighted by Gasteiger charge is -2.37. The average Bonchev–Trinajstić information content (AvgIpc) is 2.29. The van der Waals surface area contributed by atoms with Crippen LogP contribution >= 0.6 is 0 Å². The van der Waals surface area contributed by atoms with Crippen molar-refractivity contribution >= 4 is 5.82 Å². The third-order valence-corrected chi connectivity index (χ3v) is 3.51. The Hall–Kier alpha value is -1.09. The molecule has 2 rings (SSSR count). The van der Waals surface area contributed by atoms with Crippen LogP contribution in [-0.2, 0) is 0 Å². The SMILES string of the molecule is CCC1CN(c2cccc(C)n2)CCC1N. The van der Waals surface area contributed by atoms with Gasteiger partial charge in [0.25, 0.3) is 0 Å². The van der Waals surface area contributed by atoms with E-state index in [-0.39, 0.29) is 0 Å². The van der Waals surface area contributed by atoms with E-state index in [1.165, 1.54) is 0 Å². The Kier molecular flexibility index (Phi) is 3.44. The quantitative estimate of drug-likeness (QED) is 0.826. The molecule has 3 nitrogen and oxygen atoms in total. The highest BCUT2D eigenvalue weighted by atomic mass is 15.2. The van der Waals surface area contributed by atoms with Crippen LogP contribution in [0.25, 0.3) is 0 Å². The van der Waals surface area contributed by atoms with Crippen LogP contribution in [-0.4, -0.2) is 24.1 Å². The Labute approximate surface area is 97.7 Å². The van der Waals surface area contributed by atoms with Gasteiger partial charge in [-0.25, -0.2) is 4.98 Å². The fourth-order valence-corrected chi connectivity index (χ4v) is 2.40. The normalized spacial score (nSPS) is 25.8. The van der Waals surface area contributed by atoms with E-state index in [2.05, 4.69) is 28.9 Å². The molecule has 1 aromatic heterocycles. The summed E-state index contributed by atoms with van der Waals surface area (Å²) in [7, 11) is 0. The fourth-order valence-electron chi connectivity index (χ4n) is 2.40. The second-order valence-electron chi connectivity index (χ2n) is 4.70. The molecule has 0 radical (unpaired) electrons. The van der Waals surface area contributed by atoms with Gasteiger partial charge in [-0.3, -0.25) is 0 Å². The monoisotopic (exact) mass is 219 g/mol. The number of nitrogens with two attached hydrogens (primary N) is 1. The van der Waals surface area contributed by atoms with E-state index >= 15 is 0 Å². The minimum absolute atomic E-state index is 0.367. The number of pyridine rings is 1. The highest BCUT2D eigenvalue weighted by molar-refractivity contribution is 5.39. The van der Waals surface area contributed by atoms with Gasteiger partial charge in [0.05, 0.1) is 0 Å². The van der Waals surface area contributed by atoms with Crippen LogP contribution in [0.15, 0.2) is 18.2 Å². The zero-order valence-corrected chi connectivity index (χ0v) is 10.2. The molecule has 1 aliphatic rings. The van der Waals surface area contributed by atoms with Gasteiger partial charge in [-0.05, 0) is 31.4 Å². The number of aryl methyl sites for hydroxylation is 1. The van der Waals surface area contributed by atoms with Crippen molar-refractivity contribution in [2.24, 2.45) is 11.7 Å². The van der Waals surface area contributed by atoms with Crippen molar-refractivity contribution in [1.82, 2.24) is 4.98 Å². The summed E-state index contributed by atoms with van der Waals surface area (Å²) in [5.41, 5.74) is 7.20. The Morgan fingerprint density at radius 3 is 3.00 bits per heavy atom. The molecule has 1 aromatic rings. The molecule has 1 saturated heterocycles. The third kappa shape index (κ3) is 2.35. The molecular weight excluding hydrogens is 198 g/mol. The summed E-state index contributed by atoms with van der Waals surface area (Å²) in [4.78, 5) is 6.94. The Bertz CT molecular complexity index is 351. The lowest BCUT2D eigenvalue weighted by atomic mass is 9.91. The maximum atomic E-state index is 6.11. The first-order chi connectivity index (χ1) is 7.70. The maximum Gasteiger partial charge on any atom is 0.128 e. The number of piperidine rings is 1. The van der Waals surface area contributed by atoms with E-state index in [4.69, 9.17) is 5.73 Å². The summed E-state index contributed by atoms with van der Waals surface area (Å²) in [5.74, 6) is 1.71. The number of nitrogens with zero attached hydrogens (tertiary/aromatic N) is 2. The van der Waals surface area contributed by atoms with E-state index in [0.717, 1.165) is 37.4 Å². The minimum atomic E-state index is 0.367. The summed E-state index contributed by atoms with van der Waals surface area (Å²) >= 11 is 0. The van der Waals surface area contributed by atoms with Crippen molar-refractivity contribution in [2.45, 2.75) is 32.7 Å². The van der Waals surface area contributed by atoms with E-state index in [1.807, 2.05) is 13.0 Å². The molecule has 2 N–H and O–H groups in total. The lowest BCUT2D eigenvalue weighted by Crippen LogP contribution is -2.47. The van der Waals surface area contributed by atoms with Gasteiger partial charge in [0.2, 0.25) is 0 Å². The summed E-state index contributed by atoms with van der Waals surface area (Å²) in [6.45, 7) is 6.34. The third-order valence-electron chi connectivity index (χ3n) is 3.51. The molecule has 1 fully saturated rings. The summed E-state index contributed by atoms with van der Waals surface area (Å²) in [5, 5.41) is 0. The predicted octanol–water partition coefficient (Wildman–Crippen LogP) is 1.95. The van der Waals surface area contributed by atoms with E-state index in [9.17, 15) is 0 Å². The fraction of sp³-hybridized carbons (Fsp3) is 0.615. The standard InChI is InChI=1S/C13H21N3/c1-3-11-9-16(8-7-12(11)14)13-6-4-5-10(2)15-13/h4-6,11-12H,3,7-9,14H2,1-2H3. The van der Waals surface area contributed by atoms with Gasteiger partial charge in [0, 0.05) is 24.8 Å². The first kappa shape index (κ1) is 11.4. The average molecular weight is 219 g/mol. The molecule has 0 aromatic carbocycles. The number of anilines is 1. The molecule has 0 amide bonds. The van der Waals surface area contributed by atoms with Crippen LogP contribution < -0.4 is 10.6 Å². The first-order valence-electron chi connectivity index (χ1n) is 6.15. The molecular formula is C13H21N3. The molecule has 2 atom stereocenters. The van der Waals surface area contributed by atoms with Crippen LogP contribution in [0.5, 0.6) is 0 Å². The summed E-state index contributed by atoms with van der Waals surface area (Å²) < 4.78 is 0. The van der Waals surface area contributed by atoms with Gasteiger partial charge in [0.15, 0.2) is 0 Å². The molecule has 1 aliphatic heterocycles. The topological polar surface area (TPSA) is 42.2 Å². The molecule has 2 heterocycles.